The smallest absolute Gasteiger partial charge is 0.338 e. The highest BCUT2D eigenvalue weighted by Crippen LogP contribution is 2.39. The van der Waals surface area contributed by atoms with Crippen LogP contribution >= 0.6 is 22.9 Å². The number of aromatic nitrogens is 3. The average Bonchev–Trinajstić information content (AvgIpc) is 3.48. The van der Waals surface area contributed by atoms with E-state index in [4.69, 9.17) is 16.3 Å². The van der Waals surface area contributed by atoms with Gasteiger partial charge in [-0.1, -0.05) is 18.0 Å². The van der Waals surface area contributed by atoms with Crippen LogP contribution in [0.1, 0.15) is 41.0 Å². The summed E-state index contributed by atoms with van der Waals surface area (Å²) in [6.07, 6.45) is 3.94. The monoisotopic (exact) mass is 663 g/mol. The van der Waals surface area contributed by atoms with E-state index in [-0.39, 0.29) is 40.1 Å². The van der Waals surface area contributed by atoms with Crippen LogP contribution in [0.25, 0.3) is 32.2 Å². The number of benzene rings is 2. The Balaban J connectivity index is 1.34. The van der Waals surface area contributed by atoms with Gasteiger partial charge in [0.05, 0.1) is 38.8 Å². The molecule has 0 radical (unpaired) electrons. The van der Waals surface area contributed by atoms with Crippen molar-refractivity contribution in [2.45, 2.75) is 37.6 Å². The Kier molecular flexibility index (Phi) is 8.32. The van der Waals surface area contributed by atoms with Crippen LogP contribution in [0, 0.1) is 18.3 Å². The summed E-state index contributed by atoms with van der Waals surface area (Å²) >= 11 is 7.59. The van der Waals surface area contributed by atoms with Crippen LogP contribution in [0.3, 0.4) is 0 Å². The summed E-state index contributed by atoms with van der Waals surface area (Å²) in [5.41, 5.74) is 1.25. The second-order valence-electron chi connectivity index (χ2n) is 10.5. The number of hydrogen-bond acceptors (Lipinski definition) is 9. The number of halogens is 1. The Morgan fingerprint density at radius 1 is 1.16 bits per heavy atom. The molecule has 230 valence electrons. The number of piperidine rings is 1. The zero-order valence-electron chi connectivity index (χ0n) is 24.0. The Morgan fingerprint density at radius 3 is 2.67 bits per heavy atom. The van der Waals surface area contributed by atoms with Crippen LogP contribution in [-0.2, 0) is 16.6 Å². The van der Waals surface area contributed by atoms with E-state index in [1.165, 1.54) is 43.9 Å². The van der Waals surface area contributed by atoms with Crippen LogP contribution in [0.15, 0.2) is 57.7 Å². The number of nitriles is 1. The van der Waals surface area contributed by atoms with Crippen molar-refractivity contribution in [2.75, 3.05) is 19.7 Å². The van der Waals surface area contributed by atoms with Crippen LogP contribution in [0.2, 0.25) is 5.02 Å². The largest absolute Gasteiger partial charge is 0.491 e. The first-order valence-corrected chi connectivity index (χ1v) is 16.8. The quantitative estimate of drug-likeness (QED) is 0.228. The molecule has 1 fully saturated rings. The van der Waals surface area contributed by atoms with Crippen molar-refractivity contribution in [3.63, 3.8) is 0 Å². The van der Waals surface area contributed by atoms with Gasteiger partial charge in [0, 0.05) is 40.8 Å². The topological polar surface area (TPSA) is 155 Å². The van der Waals surface area contributed by atoms with Crippen molar-refractivity contribution >= 4 is 60.0 Å². The molecule has 0 unspecified atom stereocenters. The van der Waals surface area contributed by atoms with E-state index >= 15 is 0 Å². The van der Waals surface area contributed by atoms with Gasteiger partial charge in [0.1, 0.15) is 29.1 Å². The molecule has 0 aliphatic carbocycles. The summed E-state index contributed by atoms with van der Waals surface area (Å²) in [6.45, 7) is 2.46. The molecule has 5 aromatic rings. The number of nitrogens with zero attached hydrogens (tertiary/aromatic N) is 5. The third kappa shape index (κ3) is 5.55. The molecule has 1 aliphatic rings. The van der Waals surface area contributed by atoms with Gasteiger partial charge in [-0.15, -0.1) is 11.3 Å². The Labute approximate surface area is 267 Å². The van der Waals surface area contributed by atoms with E-state index in [0.29, 0.717) is 51.0 Å². The molecule has 1 aliphatic heterocycles. The second-order valence-corrected chi connectivity index (χ2v) is 13.7. The third-order valence-corrected chi connectivity index (χ3v) is 11.0. The van der Waals surface area contributed by atoms with E-state index in [1.807, 2.05) is 6.07 Å². The van der Waals surface area contributed by atoms with Crippen LogP contribution in [0.4, 0.5) is 0 Å². The number of hydrogen-bond donors (Lipinski definition) is 1. The number of rotatable bonds is 8. The van der Waals surface area contributed by atoms with Gasteiger partial charge >= 0.3 is 5.97 Å². The Morgan fingerprint density at radius 2 is 1.93 bits per heavy atom. The first-order chi connectivity index (χ1) is 21.6. The molecule has 0 spiro atoms. The minimum Gasteiger partial charge on any atom is -0.491 e. The van der Waals surface area contributed by atoms with E-state index in [9.17, 15) is 28.4 Å². The number of aromatic carboxylic acids is 1. The van der Waals surface area contributed by atoms with Crippen molar-refractivity contribution < 1.29 is 23.1 Å². The van der Waals surface area contributed by atoms with Gasteiger partial charge in [-0.05, 0) is 56.2 Å². The van der Waals surface area contributed by atoms with Crippen molar-refractivity contribution in [3.8, 4) is 22.9 Å². The maximum absolute atomic E-state index is 13.8. The first kappa shape index (κ1) is 30.7. The van der Waals surface area contributed by atoms with E-state index in [0.717, 1.165) is 19.3 Å². The zero-order chi connectivity index (χ0) is 31.9. The zero-order valence-corrected chi connectivity index (χ0v) is 26.4. The van der Waals surface area contributed by atoms with Crippen molar-refractivity contribution in [1.29, 1.82) is 5.26 Å². The van der Waals surface area contributed by atoms with Crippen LogP contribution in [-0.4, -0.2) is 58.0 Å². The van der Waals surface area contributed by atoms with Gasteiger partial charge in [0.2, 0.25) is 10.0 Å². The average molecular weight is 664 g/mol. The molecule has 6 rings (SSSR count). The van der Waals surface area contributed by atoms with Crippen LogP contribution in [0.5, 0.6) is 5.75 Å². The summed E-state index contributed by atoms with van der Waals surface area (Å²) in [6, 6.07) is 11.6. The summed E-state index contributed by atoms with van der Waals surface area (Å²) in [5.74, 6) is -0.253. The van der Waals surface area contributed by atoms with Gasteiger partial charge in [-0.2, -0.15) is 9.57 Å². The summed E-state index contributed by atoms with van der Waals surface area (Å²) in [5, 5.41) is 21.6. The molecule has 3 aromatic heterocycles. The predicted molar refractivity (Wildman–Crippen MR) is 171 cm³/mol. The number of carboxylic acids is 1. The number of carboxylic acid groups (broad SMARTS) is 1. The van der Waals surface area contributed by atoms with Gasteiger partial charge in [0.25, 0.3) is 5.56 Å². The second kappa shape index (κ2) is 12.2. The molecule has 2 aromatic carbocycles. The van der Waals surface area contributed by atoms with E-state index in [2.05, 4.69) is 9.97 Å². The number of sulfonamides is 1. The van der Waals surface area contributed by atoms with E-state index in [1.54, 1.807) is 31.2 Å². The molecule has 1 N–H and O–H groups in total. The molecule has 45 heavy (non-hydrogen) atoms. The SMILES string of the molecule is Cc1nc2ccc(S(=O)(=O)N3CCCCC3)c(C#N)c2c(=O)n1CCOc1ccc(Cl)cc1-c1ccnc2c(C(=O)O)csc12. The number of carbonyl (C=O) groups is 1. The van der Waals surface area contributed by atoms with Gasteiger partial charge in [-0.3, -0.25) is 14.3 Å². The number of aryl methyl sites for hydroxylation is 1. The third-order valence-electron chi connectivity index (χ3n) is 7.81. The number of thiophene rings is 1. The van der Waals surface area contributed by atoms with Crippen molar-refractivity contribution in [3.05, 3.63) is 80.3 Å². The molecule has 11 nitrogen and oxygen atoms in total. The van der Waals surface area contributed by atoms with Gasteiger partial charge in [0.15, 0.2) is 0 Å². The van der Waals surface area contributed by atoms with Gasteiger partial charge in [-0.25, -0.2) is 18.2 Å². The van der Waals surface area contributed by atoms with Crippen molar-refractivity contribution in [1.82, 2.24) is 18.8 Å². The molecule has 0 atom stereocenters. The maximum Gasteiger partial charge on any atom is 0.338 e. The van der Waals surface area contributed by atoms with Gasteiger partial charge < -0.3 is 9.84 Å². The first-order valence-electron chi connectivity index (χ1n) is 14.1. The summed E-state index contributed by atoms with van der Waals surface area (Å²) in [4.78, 5) is 34.0. The van der Waals surface area contributed by atoms with Crippen LogP contribution < -0.4 is 10.3 Å². The highest BCUT2D eigenvalue weighted by Gasteiger charge is 2.30. The number of fused-ring (bicyclic) bond motifs is 2. The number of ether oxygens (including phenoxy) is 1. The molecule has 4 heterocycles. The molecule has 0 saturated carbocycles. The molecule has 0 bridgehead atoms. The predicted octanol–water partition coefficient (Wildman–Crippen LogP) is 5.46. The normalized spacial score (nSPS) is 14.1. The fourth-order valence-electron chi connectivity index (χ4n) is 5.61. The lowest BCUT2D eigenvalue weighted by molar-refractivity contribution is 0.0699. The fraction of sp³-hybridized carbons (Fsp3) is 0.258. The minimum absolute atomic E-state index is 0.0231. The van der Waals surface area contributed by atoms with E-state index < -0.39 is 21.6 Å². The lowest BCUT2D eigenvalue weighted by Gasteiger charge is -2.26. The lowest BCUT2D eigenvalue weighted by atomic mass is 10.0. The Bertz CT molecular complexity index is 2200. The molecule has 0 amide bonds. The highest BCUT2D eigenvalue weighted by molar-refractivity contribution is 7.89. The molecule has 1 saturated heterocycles. The lowest BCUT2D eigenvalue weighted by Crippen LogP contribution is -2.36. The highest BCUT2D eigenvalue weighted by atomic mass is 35.5. The maximum atomic E-state index is 13.8. The summed E-state index contributed by atoms with van der Waals surface area (Å²) in [7, 11) is -3.98. The molecular weight excluding hydrogens is 638 g/mol. The Hall–Kier alpha value is -4.35. The minimum atomic E-state index is -3.98. The fourth-order valence-corrected chi connectivity index (χ4v) is 8.48. The molecular formula is C31H26ClN5O6S2. The molecule has 14 heteroatoms. The number of pyridine rings is 1. The van der Waals surface area contributed by atoms with Crippen molar-refractivity contribution in [2.24, 2.45) is 0 Å². The standard InChI is InChI=1S/C31H26ClN5O6S2/c1-18-35-24-6-8-26(45(41,42)36-11-3-2-4-12-36)22(16-33)27(24)30(38)37(18)13-14-43-25-7-5-19(32)15-21(25)20-9-10-34-28-23(31(39)40)17-44-29(20)28/h5-10,15,17H,2-4,11-14H2,1H3,(H,39,40). The summed E-state index contributed by atoms with van der Waals surface area (Å²) < 4.78 is 36.5.